The summed E-state index contributed by atoms with van der Waals surface area (Å²) in [5.41, 5.74) is -0.548. The summed E-state index contributed by atoms with van der Waals surface area (Å²) >= 11 is 0. The topological polar surface area (TPSA) is 79.1 Å². The maximum absolute atomic E-state index is 12.2. The summed E-state index contributed by atoms with van der Waals surface area (Å²) in [6, 6.07) is 19.9. The molecule has 0 aliphatic rings. The molecule has 2 aromatic carbocycles. The van der Waals surface area contributed by atoms with Crippen molar-refractivity contribution >= 4 is 30.9 Å². The highest BCUT2D eigenvalue weighted by Crippen LogP contribution is 2.40. The minimum atomic E-state index is -3.06. The summed E-state index contributed by atoms with van der Waals surface area (Å²) in [7, 11) is -3.06. The van der Waals surface area contributed by atoms with Gasteiger partial charge >= 0.3 is 5.97 Å². The molecule has 0 heterocycles. The zero-order valence-electron chi connectivity index (χ0n) is 19.9. The van der Waals surface area contributed by atoms with Crippen molar-refractivity contribution in [3.63, 3.8) is 0 Å². The Bertz CT molecular complexity index is 836. The first-order valence-electron chi connectivity index (χ1n) is 11.2. The molecule has 0 amide bonds. The van der Waals surface area contributed by atoms with Crippen LogP contribution in [0, 0.1) is 5.92 Å². The molecule has 5 nitrogen and oxygen atoms in total. The van der Waals surface area contributed by atoms with Gasteiger partial charge < -0.3 is 14.7 Å². The van der Waals surface area contributed by atoms with Gasteiger partial charge in [-0.2, -0.15) is 0 Å². The highest BCUT2D eigenvalue weighted by molar-refractivity contribution is 6.98. The van der Waals surface area contributed by atoms with Gasteiger partial charge in [0.2, 0.25) is 0 Å². The molecule has 6 heteroatoms. The Kier molecular flexibility index (Phi) is 8.81. The number of nitrogens with zero attached hydrogens (tertiary/aromatic N) is 1. The number of carbonyl (C=O) groups is 1. The molecule has 0 aliphatic carbocycles. The normalized spacial score (nSPS) is 13.8. The van der Waals surface area contributed by atoms with Crippen LogP contribution in [0.2, 0.25) is 5.04 Å². The number of hydrogen-bond acceptors (Lipinski definition) is 5. The molecule has 0 radical (unpaired) electrons. The van der Waals surface area contributed by atoms with Gasteiger partial charge in [-0.1, -0.05) is 80.9 Å². The second kappa shape index (κ2) is 10.9. The van der Waals surface area contributed by atoms with E-state index in [2.05, 4.69) is 19.0 Å². The third-order valence-electron chi connectivity index (χ3n) is 5.87. The Morgan fingerprint density at radius 1 is 1.00 bits per heavy atom. The van der Waals surface area contributed by atoms with Crippen LogP contribution >= 0.6 is 0 Å². The Hall–Kier alpha value is -2.44. The smallest absolute Gasteiger partial charge is 0.306 e. The van der Waals surface area contributed by atoms with E-state index in [0.29, 0.717) is 6.42 Å². The monoisotopic (exact) mass is 455 g/mol. The summed E-state index contributed by atoms with van der Waals surface area (Å²) in [4.78, 5) is 24.5. The number of ether oxygens (including phenoxy) is 1. The van der Waals surface area contributed by atoms with E-state index in [1.54, 1.807) is 0 Å². The van der Waals surface area contributed by atoms with Crippen LogP contribution in [0.25, 0.3) is 0 Å². The highest BCUT2D eigenvalue weighted by Gasteiger charge is 2.49. The molecule has 0 fully saturated rings. The third kappa shape index (κ3) is 6.78. The predicted octanol–water partition coefficient (Wildman–Crippen LogP) is 4.50. The minimum absolute atomic E-state index is 0.167. The van der Waals surface area contributed by atoms with E-state index in [1.807, 2.05) is 81.4 Å². The number of carbonyl (C=O) groups excluding carboxylic acids is 1. The second-order valence-corrected chi connectivity index (χ2v) is 14.0. The van der Waals surface area contributed by atoms with E-state index >= 15 is 0 Å². The number of hydrogen-bond donors (Lipinski definition) is 2. The first-order chi connectivity index (χ1) is 15.0. The van der Waals surface area contributed by atoms with Crippen LogP contribution in [-0.4, -0.2) is 36.1 Å². The van der Waals surface area contributed by atoms with Gasteiger partial charge in [-0.3, -0.25) is 4.79 Å². The molecule has 1 atom stereocenters. The fourth-order valence-corrected chi connectivity index (χ4v) is 8.00. The molecule has 0 saturated heterocycles. The average molecular weight is 456 g/mol. The van der Waals surface area contributed by atoms with E-state index < -0.39 is 13.9 Å². The molecular weight excluding hydrogens is 418 g/mol. The zero-order chi connectivity index (χ0) is 23.8. The van der Waals surface area contributed by atoms with Crippen molar-refractivity contribution in [2.75, 3.05) is 0 Å². The predicted molar refractivity (Wildman–Crippen MR) is 132 cm³/mol. The molecule has 174 valence electrons. The highest BCUT2D eigenvalue weighted by atomic mass is 28.4. The molecule has 0 saturated carbocycles. The molecule has 2 N–H and O–H groups in total. The largest absolute Gasteiger partial charge is 0.460 e. The summed E-state index contributed by atoms with van der Waals surface area (Å²) < 4.78 is 5.42. The average Bonchev–Trinajstić information content (AvgIpc) is 2.73. The quantitative estimate of drug-likeness (QED) is 0.182. The first kappa shape index (κ1) is 25.8. The molecule has 2 aromatic rings. The summed E-state index contributed by atoms with van der Waals surface area (Å²) in [6.45, 7) is 9.76. The summed E-state index contributed by atoms with van der Waals surface area (Å²) in [5, 5.41) is 13.8. The van der Waals surface area contributed by atoms with Crippen LogP contribution in [0.5, 0.6) is 0 Å². The maximum Gasteiger partial charge on any atom is 0.306 e. The van der Waals surface area contributed by atoms with E-state index in [9.17, 15) is 9.59 Å². The third-order valence-corrected chi connectivity index (χ3v) is 10.4. The lowest BCUT2D eigenvalue weighted by Crippen LogP contribution is -2.65. The van der Waals surface area contributed by atoms with Crippen LogP contribution in [-0.2, 0) is 9.53 Å². The van der Waals surface area contributed by atoms with Gasteiger partial charge in [0.25, 0.3) is 8.32 Å². The Balaban J connectivity index is 2.17. The molecule has 2 rings (SSSR count). The van der Waals surface area contributed by atoms with Crippen LogP contribution < -0.4 is 10.4 Å². The maximum atomic E-state index is 12.2. The van der Waals surface area contributed by atoms with Gasteiger partial charge in [0.1, 0.15) is 5.60 Å². The van der Waals surface area contributed by atoms with E-state index in [0.717, 1.165) is 23.2 Å². The van der Waals surface area contributed by atoms with Gasteiger partial charge in [-0.25, -0.2) is 0 Å². The SMILES string of the molecule is CC(C)(C)OC(=O)C[C@H](/C=N/O)CCCC(C)(C)[Si](O)(c1ccccc1)c1ccccc1. The molecule has 0 aliphatic heterocycles. The van der Waals surface area contributed by atoms with Gasteiger partial charge in [0.05, 0.1) is 6.42 Å². The van der Waals surface area contributed by atoms with Gasteiger partial charge in [-0.05, 0) is 49.0 Å². The van der Waals surface area contributed by atoms with Crippen molar-refractivity contribution in [2.45, 2.75) is 70.9 Å². The summed E-state index contributed by atoms with van der Waals surface area (Å²) in [5.74, 6) is -0.519. The molecule has 0 aromatic heterocycles. The fraction of sp³-hybridized carbons (Fsp3) is 0.462. The first-order valence-corrected chi connectivity index (χ1v) is 13.2. The lowest BCUT2D eigenvalue weighted by molar-refractivity contribution is -0.155. The number of esters is 1. The Morgan fingerprint density at radius 2 is 1.50 bits per heavy atom. The summed E-state index contributed by atoms with van der Waals surface area (Å²) in [6.07, 6.45) is 3.79. The zero-order valence-corrected chi connectivity index (χ0v) is 20.9. The van der Waals surface area contributed by atoms with Crippen molar-refractivity contribution in [1.82, 2.24) is 0 Å². The molecule has 0 bridgehead atoms. The van der Waals surface area contributed by atoms with E-state index in [4.69, 9.17) is 9.94 Å². The lowest BCUT2D eigenvalue weighted by Gasteiger charge is -2.41. The Morgan fingerprint density at radius 3 is 1.94 bits per heavy atom. The molecular formula is C26H37NO4Si. The van der Waals surface area contributed by atoms with E-state index in [1.165, 1.54) is 6.21 Å². The number of rotatable bonds is 10. The fourth-order valence-electron chi connectivity index (χ4n) is 4.21. The van der Waals surface area contributed by atoms with Gasteiger partial charge in [0.15, 0.2) is 0 Å². The van der Waals surface area contributed by atoms with Crippen LogP contribution in [0.15, 0.2) is 65.8 Å². The van der Waals surface area contributed by atoms with Crippen molar-refractivity contribution in [3.05, 3.63) is 60.7 Å². The lowest BCUT2D eigenvalue weighted by atomic mass is 9.96. The second-order valence-electron chi connectivity index (χ2n) is 10.0. The Labute approximate surface area is 193 Å². The van der Waals surface area contributed by atoms with Gasteiger partial charge in [-0.15, -0.1) is 5.16 Å². The van der Waals surface area contributed by atoms with Gasteiger partial charge in [0, 0.05) is 12.1 Å². The molecule has 0 spiro atoms. The van der Waals surface area contributed by atoms with Crippen molar-refractivity contribution in [2.24, 2.45) is 11.1 Å². The molecule has 0 unspecified atom stereocenters. The molecule has 32 heavy (non-hydrogen) atoms. The van der Waals surface area contributed by atoms with E-state index in [-0.39, 0.29) is 23.3 Å². The van der Waals surface area contributed by atoms with Crippen molar-refractivity contribution in [3.8, 4) is 0 Å². The van der Waals surface area contributed by atoms with Crippen LogP contribution in [0.3, 0.4) is 0 Å². The van der Waals surface area contributed by atoms with Crippen LogP contribution in [0.4, 0.5) is 0 Å². The van der Waals surface area contributed by atoms with Crippen molar-refractivity contribution < 1.29 is 19.5 Å². The van der Waals surface area contributed by atoms with Crippen molar-refractivity contribution in [1.29, 1.82) is 0 Å². The number of benzene rings is 2. The van der Waals surface area contributed by atoms with Crippen LogP contribution in [0.1, 0.15) is 60.3 Å². The standard InChI is InChI=1S/C26H37NO4Si/c1-25(2,3)31-24(28)19-21(20-27-29)13-12-18-26(4,5)32(30,22-14-8-6-9-15-22)23-16-10-7-11-17-23/h6-11,14-17,20-21,29-30H,12-13,18-19H2,1-5H3/b27-20+/t21-/m1/s1. The number of oxime groups is 1. The minimum Gasteiger partial charge on any atom is -0.460 e.